The molecule has 2 rings (SSSR count). The zero-order valence-corrected chi connectivity index (χ0v) is 21.5. The van der Waals surface area contributed by atoms with Gasteiger partial charge in [-0.05, 0) is 38.5 Å². The van der Waals surface area contributed by atoms with Crippen LogP contribution in [0.15, 0.2) is 37.4 Å². The second-order valence-corrected chi connectivity index (χ2v) is 8.59. The topological polar surface area (TPSA) is 124 Å². The Labute approximate surface area is 204 Å². The van der Waals surface area contributed by atoms with Gasteiger partial charge >= 0.3 is 0 Å². The first-order valence-corrected chi connectivity index (χ1v) is 12.4. The molecular weight excluding hydrogens is 434 g/mol. The average Bonchev–Trinajstić information content (AvgIpc) is 3.41. The predicted octanol–water partition coefficient (Wildman–Crippen LogP) is 0.380. The molecule has 2 N–H and O–H groups in total. The maximum absolute atomic E-state index is 9.86. The molecule has 0 radical (unpaired) electrons. The van der Waals surface area contributed by atoms with Crippen molar-refractivity contribution in [3.8, 4) is 0 Å². The first-order chi connectivity index (χ1) is 16.2. The molecule has 0 unspecified atom stereocenters. The standard InChI is InChI=1S/2C10H19N2.C5H9NO4/c2*1-3-4-5-6-7-12-9-8-11(2)10-12;6-3(5(9)10)1-2-4(7)8/h2*8-10H,3-7H2,1-2H3;3H,1-2,6H2,(H,7,8)(H,9,10)/q2*+1;/p-2/t;;3-/m..0/s1. The van der Waals surface area contributed by atoms with Crippen molar-refractivity contribution >= 4 is 11.9 Å². The van der Waals surface area contributed by atoms with E-state index in [-0.39, 0.29) is 12.8 Å². The Balaban J connectivity index is 0.000000484. The Kier molecular flexibility index (Phi) is 18.2. The van der Waals surface area contributed by atoms with Gasteiger partial charge < -0.3 is 25.5 Å². The molecule has 0 fully saturated rings. The van der Waals surface area contributed by atoms with E-state index in [4.69, 9.17) is 5.73 Å². The molecule has 0 saturated carbocycles. The van der Waals surface area contributed by atoms with Crippen LogP contribution in [0.1, 0.15) is 78.1 Å². The fraction of sp³-hybridized carbons (Fsp3) is 0.680. The summed E-state index contributed by atoms with van der Waals surface area (Å²) in [5.41, 5.74) is 4.91. The van der Waals surface area contributed by atoms with E-state index in [1.807, 2.05) is 0 Å². The zero-order chi connectivity index (χ0) is 25.8. The number of hydrogen-bond donors (Lipinski definition) is 1. The molecule has 0 aromatic carbocycles. The minimum Gasteiger partial charge on any atom is -0.550 e. The number of aliphatic carboxylic acids is 2. The zero-order valence-electron chi connectivity index (χ0n) is 21.5. The second kappa shape index (κ2) is 19.8. The lowest BCUT2D eigenvalue weighted by Gasteiger charge is -2.11. The van der Waals surface area contributed by atoms with Crippen molar-refractivity contribution in [2.24, 2.45) is 19.8 Å². The van der Waals surface area contributed by atoms with Crippen LogP contribution in [0.25, 0.3) is 0 Å². The van der Waals surface area contributed by atoms with Crippen LogP contribution in [0.3, 0.4) is 0 Å². The first kappa shape index (κ1) is 31.3. The van der Waals surface area contributed by atoms with Gasteiger partial charge in [-0.1, -0.05) is 39.5 Å². The molecule has 9 heteroatoms. The maximum atomic E-state index is 9.86. The Morgan fingerprint density at radius 3 is 1.56 bits per heavy atom. The van der Waals surface area contributed by atoms with Crippen LogP contribution in [0.5, 0.6) is 0 Å². The number of hydrogen-bond acceptors (Lipinski definition) is 5. The SMILES string of the molecule is CCCCCCn1cc[n+](C)c1.CCCCCCn1cc[n+](C)c1.N[C@@H](CCC(=O)[O-])C(=O)[O-]. The summed E-state index contributed by atoms with van der Waals surface area (Å²) in [6.07, 6.45) is 22.9. The van der Waals surface area contributed by atoms with Crippen molar-refractivity contribution < 1.29 is 28.9 Å². The van der Waals surface area contributed by atoms with E-state index in [0.29, 0.717) is 0 Å². The Morgan fingerprint density at radius 2 is 1.26 bits per heavy atom. The molecule has 0 spiro atoms. The normalized spacial score (nSPS) is 11.1. The Bertz CT molecular complexity index is 740. The molecule has 2 heterocycles. The van der Waals surface area contributed by atoms with Gasteiger partial charge in [-0.2, -0.15) is 0 Å². The molecule has 34 heavy (non-hydrogen) atoms. The summed E-state index contributed by atoms with van der Waals surface area (Å²) in [6.45, 7) is 6.83. The highest BCUT2D eigenvalue weighted by atomic mass is 16.4. The number of carboxylic acids is 2. The van der Waals surface area contributed by atoms with Crippen LogP contribution >= 0.6 is 0 Å². The van der Waals surface area contributed by atoms with Gasteiger partial charge in [-0.3, -0.25) is 0 Å². The minimum atomic E-state index is -1.44. The van der Waals surface area contributed by atoms with Crippen molar-refractivity contribution in [2.45, 2.75) is 97.2 Å². The fourth-order valence-electron chi connectivity index (χ4n) is 3.10. The molecule has 2 aromatic rings. The number of carbonyl (C=O) groups is 2. The summed E-state index contributed by atoms with van der Waals surface area (Å²) in [4.78, 5) is 19.6. The molecule has 194 valence electrons. The lowest BCUT2D eigenvalue weighted by Crippen LogP contribution is -2.42. The molecule has 1 atom stereocenters. The van der Waals surface area contributed by atoms with Gasteiger partial charge in [0.2, 0.25) is 12.7 Å². The average molecular weight is 480 g/mol. The lowest BCUT2D eigenvalue weighted by atomic mass is 10.2. The number of nitrogens with two attached hydrogens (primary N) is 1. The van der Waals surface area contributed by atoms with Gasteiger partial charge in [0, 0.05) is 12.0 Å². The number of carbonyl (C=O) groups excluding carboxylic acids is 2. The van der Waals surface area contributed by atoms with Crippen molar-refractivity contribution in [1.29, 1.82) is 0 Å². The number of rotatable bonds is 14. The maximum Gasteiger partial charge on any atom is 0.243 e. The number of unbranched alkanes of at least 4 members (excludes halogenated alkanes) is 6. The van der Waals surface area contributed by atoms with Crippen LogP contribution in [0, 0.1) is 0 Å². The molecule has 9 nitrogen and oxygen atoms in total. The van der Waals surface area contributed by atoms with E-state index in [0.717, 1.165) is 0 Å². The monoisotopic (exact) mass is 479 g/mol. The minimum absolute atomic E-state index is 0.148. The van der Waals surface area contributed by atoms with E-state index in [2.05, 4.69) is 83.7 Å². The van der Waals surface area contributed by atoms with Crippen molar-refractivity contribution in [1.82, 2.24) is 9.13 Å². The van der Waals surface area contributed by atoms with Crippen LogP contribution < -0.4 is 25.1 Å². The fourth-order valence-corrected chi connectivity index (χ4v) is 3.10. The Morgan fingerprint density at radius 1 is 0.824 bits per heavy atom. The van der Waals surface area contributed by atoms with Crippen LogP contribution in [0.2, 0.25) is 0 Å². The third-order valence-electron chi connectivity index (χ3n) is 5.15. The van der Waals surface area contributed by atoms with E-state index in [1.165, 1.54) is 64.5 Å². The third kappa shape index (κ3) is 17.8. The van der Waals surface area contributed by atoms with Crippen LogP contribution in [0.4, 0.5) is 0 Å². The molecule has 0 aliphatic carbocycles. The van der Waals surface area contributed by atoms with Gasteiger partial charge in [0.25, 0.3) is 0 Å². The van der Waals surface area contributed by atoms with Gasteiger partial charge in [0.1, 0.15) is 24.8 Å². The Hall–Kier alpha value is -2.68. The van der Waals surface area contributed by atoms with E-state index >= 15 is 0 Å². The lowest BCUT2D eigenvalue weighted by molar-refractivity contribution is -0.671. The first-order valence-electron chi connectivity index (χ1n) is 12.4. The van der Waals surface area contributed by atoms with Gasteiger partial charge in [0.05, 0.1) is 33.2 Å². The highest BCUT2D eigenvalue weighted by Gasteiger charge is 2.01. The number of imidazole rings is 2. The summed E-state index contributed by atoms with van der Waals surface area (Å²) >= 11 is 0. The smallest absolute Gasteiger partial charge is 0.243 e. The number of nitrogens with zero attached hydrogens (tertiary/aromatic N) is 4. The van der Waals surface area contributed by atoms with E-state index in [1.54, 1.807) is 0 Å². The number of carboxylic acid groups (broad SMARTS) is 2. The highest BCUT2D eigenvalue weighted by Crippen LogP contribution is 2.01. The number of aromatic nitrogens is 4. The van der Waals surface area contributed by atoms with Crippen LogP contribution in [-0.4, -0.2) is 27.1 Å². The second-order valence-electron chi connectivity index (χ2n) is 8.59. The summed E-state index contributed by atoms with van der Waals surface area (Å²) in [7, 11) is 4.12. The van der Waals surface area contributed by atoms with Crippen LogP contribution in [-0.2, 0) is 36.8 Å². The van der Waals surface area contributed by atoms with Crippen molar-refractivity contribution in [3.63, 3.8) is 0 Å². The predicted molar refractivity (Wildman–Crippen MR) is 127 cm³/mol. The summed E-state index contributed by atoms with van der Waals surface area (Å²) < 4.78 is 8.66. The molecule has 0 aliphatic heterocycles. The third-order valence-corrected chi connectivity index (χ3v) is 5.15. The number of aryl methyl sites for hydroxylation is 4. The van der Waals surface area contributed by atoms with E-state index < -0.39 is 18.0 Å². The summed E-state index contributed by atoms with van der Waals surface area (Å²) in [5, 5.41) is 19.6. The van der Waals surface area contributed by atoms with Gasteiger partial charge in [-0.25, -0.2) is 18.3 Å². The van der Waals surface area contributed by atoms with Gasteiger partial charge in [-0.15, -0.1) is 0 Å². The quantitative estimate of drug-likeness (QED) is 0.310. The molecule has 0 aliphatic rings. The summed E-state index contributed by atoms with van der Waals surface area (Å²) in [6, 6.07) is -1.21. The van der Waals surface area contributed by atoms with Gasteiger partial charge in [0.15, 0.2) is 0 Å². The largest absolute Gasteiger partial charge is 0.550 e. The van der Waals surface area contributed by atoms with Crippen molar-refractivity contribution in [2.75, 3.05) is 0 Å². The summed E-state index contributed by atoms with van der Waals surface area (Å²) in [5.74, 6) is -2.75. The molecule has 0 amide bonds. The van der Waals surface area contributed by atoms with E-state index in [9.17, 15) is 19.8 Å². The van der Waals surface area contributed by atoms with Crippen molar-refractivity contribution in [3.05, 3.63) is 37.4 Å². The molecule has 0 bridgehead atoms. The molecule has 0 saturated heterocycles. The molecule has 2 aromatic heterocycles. The highest BCUT2D eigenvalue weighted by molar-refractivity contribution is 5.72. The molecular formula is C25H45N5O4.